The molecule has 1 unspecified atom stereocenters. The van der Waals surface area contributed by atoms with E-state index in [2.05, 4.69) is 0 Å². The number of ketones is 1. The van der Waals surface area contributed by atoms with Crippen molar-refractivity contribution in [1.29, 1.82) is 0 Å². The molecular weight excluding hydrogens is 424 g/mol. The number of nitro groups is 1. The van der Waals surface area contributed by atoms with E-state index in [4.69, 9.17) is 4.74 Å². The first-order valence-electron chi connectivity index (χ1n) is 10.1. The van der Waals surface area contributed by atoms with Gasteiger partial charge in [-0.05, 0) is 36.2 Å². The highest BCUT2D eigenvalue weighted by Gasteiger charge is 2.47. The third kappa shape index (κ3) is 3.82. The second kappa shape index (κ2) is 8.58. The summed E-state index contributed by atoms with van der Waals surface area (Å²) < 4.78 is 5.21. The van der Waals surface area contributed by atoms with Gasteiger partial charge in [-0.2, -0.15) is 0 Å². The average Bonchev–Trinajstić information content (AvgIpc) is 3.09. The number of para-hydroxylation sites is 1. The Hall–Kier alpha value is -4.46. The normalized spacial score (nSPS) is 17.3. The number of hydrogen-bond acceptors (Lipinski definition) is 6. The number of ether oxygens (including phenoxy) is 1. The first-order valence-corrected chi connectivity index (χ1v) is 10.1. The fourth-order valence-electron chi connectivity index (χ4n) is 3.94. The van der Waals surface area contributed by atoms with Crippen LogP contribution < -0.4 is 9.64 Å². The second-order valence-corrected chi connectivity index (χ2v) is 7.54. The molecule has 0 saturated carbocycles. The van der Waals surface area contributed by atoms with Crippen molar-refractivity contribution in [2.75, 3.05) is 12.0 Å². The van der Waals surface area contributed by atoms with Crippen molar-refractivity contribution >= 4 is 28.8 Å². The summed E-state index contributed by atoms with van der Waals surface area (Å²) in [5, 5.41) is 22.3. The molecule has 1 amide bonds. The van der Waals surface area contributed by atoms with Crippen LogP contribution in [0.2, 0.25) is 0 Å². The highest BCUT2D eigenvalue weighted by Crippen LogP contribution is 2.43. The lowest BCUT2D eigenvalue weighted by Gasteiger charge is -2.26. The Balaban J connectivity index is 1.96. The number of nitro benzene ring substituents is 1. The van der Waals surface area contributed by atoms with E-state index >= 15 is 0 Å². The molecule has 0 bridgehead atoms. The van der Waals surface area contributed by atoms with Gasteiger partial charge < -0.3 is 9.84 Å². The van der Waals surface area contributed by atoms with Crippen molar-refractivity contribution in [1.82, 2.24) is 0 Å². The minimum Gasteiger partial charge on any atom is -0.507 e. The molecule has 4 rings (SSSR count). The van der Waals surface area contributed by atoms with Gasteiger partial charge in [-0.1, -0.05) is 42.5 Å². The molecule has 1 N–H and O–H groups in total. The van der Waals surface area contributed by atoms with Crippen LogP contribution in [0, 0.1) is 17.0 Å². The molecular formula is C25H20N2O6. The van der Waals surface area contributed by atoms with Crippen LogP contribution in [0.4, 0.5) is 11.4 Å². The van der Waals surface area contributed by atoms with E-state index in [1.165, 1.54) is 36.3 Å². The summed E-state index contributed by atoms with van der Waals surface area (Å²) in [4.78, 5) is 38.3. The molecule has 0 spiro atoms. The average molecular weight is 444 g/mol. The molecule has 1 heterocycles. The minimum absolute atomic E-state index is 0.0745. The maximum Gasteiger partial charge on any atom is 0.300 e. The third-order valence-electron chi connectivity index (χ3n) is 5.58. The van der Waals surface area contributed by atoms with Crippen LogP contribution in [0.25, 0.3) is 5.76 Å². The van der Waals surface area contributed by atoms with E-state index in [1.54, 1.807) is 36.4 Å². The Bertz CT molecular complexity index is 1300. The molecule has 0 aromatic heterocycles. The quantitative estimate of drug-likeness (QED) is 0.203. The second-order valence-electron chi connectivity index (χ2n) is 7.54. The predicted octanol–water partition coefficient (Wildman–Crippen LogP) is 4.54. The van der Waals surface area contributed by atoms with Crippen molar-refractivity contribution in [3.05, 3.63) is 105 Å². The van der Waals surface area contributed by atoms with Gasteiger partial charge in [0.1, 0.15) is 11.5 Å². The topological polar surface area (TPSA) is 110 Å². The summed E-state index contributed by atoms with van der Waals surface area (Å²) in [6.45, 7) is 1.82. The monoisotopic (exact) mass is 444 g/mol. The lowest BCUT2D eigenvalue weighted by molar-refractivity contribution is -0.384. The summed E-state index contributed by atoms with van der Waals surface area (Å²) in [7, 11) is 1.52. The molecule has 1 saturated heterocycles. The fourth-order valence-corrected chi connectivity index (χ4v) is 3.94. The molecule has 0 radical (unpaired) electrons. The number of hydrogen-bond donors (Lipinski definition) is 1. The standard InChI is InChI=1S/C25H20N2O6/c1-15-6-3-4-9-20(15)26-22(16-10-12-19(33-2)13-11-16)21(24(29)25(26)30)23(28)17-7-5-8-18(14-17)27(31)32/h3-14,22,28H,1-2H3/b23-21-. The number of methoxy groups -OCH3 is 1. The molecule has 3 aromatic rings. The molecule has 8 heteroatoms. The number of aliphatic hydroxyl groups is 1. The lowest BCUT2D eigenvalue weighted by atomic mass is 9.94. The van der Waals surface area contributed by atoms with E-state index in [0.29, 0.717) is 17.0 Å². The predicted molar refractivity (Wildman–Crippen MR) is 122 cm³/mol. The van der Waals surface area contributed by atoms with Gasteiger partial charge in [-0.3, -0.25) is 24.6 Å². The molecule has 1 fully saturated rings. The van der Waals surface area contributed by atoms with Crippen molar-refractivity contribution < 1.29 is 24.4 Å². The summed E-state index contributed by atoms with van der Waals surface area (Å²) >= 11 is 0. The van der Waals surface area contributed by atoms with E-state index in [1.807, 2.05) is 19.1 Å². The van der Waals surface area contributed by atoms with Gasteiger partial charge in [0.15, 0.2) is 0 Å². The van der Waals surface area contributed by atoms with Crippen LogP contribution in [0.15, 0.2) is 78.4 Å². The summed E-state index contributed by atoms with van der Waals surface area (Å²) in [6.07, 6.45) is 0. The zero-order valence-electron chi connectivity index (χ0n) is 17.9. The Morgan fingerprint density at radius 3 is 2.36 bits per heavy atom. The summed E-state index contributed by atoms with van der Waals surface area (Å²) in [5.74, 6) is -1.56. The number of carbonyl (C=O) groups is 2. The molecule has 3 aromatic carbocycles. The molecule has 166 valence electrons. The zero-order chi connectivity index (χ0) is 23.7. The number of anilines is 1. The number of amides is 1. The Morgan fingerprint density at radius 1 is 1.03 bits per heavy atom. The van der Waals surface area contributed by atoms with Gasteiger partial charge in [0.25, 0.3) is 17.4 Å². The number of Topliss-reactive ketones (excluding diaryl/α,β-unsaturated/α-hetero) is 1. The molecule has 1 aliphatic heterocycles. The van der Waals surface area contributed by atoms with Crippen molar-refractivity contribution in [3.63, 3.8) is 0 Å². The number of non-ortho nitro benzene ring substituents is 1. The van der Waals surface area contributed by atoms with Crippen LogP contribution in [0.1, 0.15) is 22.7 Å². The molecule has 1 aliphatic rings. The Kier molecular flexibility index (Phi) is 5.66. The summed E-state index contributed by atoms with van der Waals surface area (Å²) in [6, 6.07) is 18.3. The van der Waals surface area contributed by atoms with Crippen LogP contribution in [-0.2, 0) is 9.59 Å². The van der Waals surface area contributed by atoms with E-state index in [0.717, 1.165) is 5.56 Å². The van der Waals surface area contributed by atoms with Gasteiger partial charge in [0, 0.05) is 23.4 Å². The van der Waals surface area contributed by atoms with Crippen LogP contribution in [0.5, 0.6) is 5.75 Å². The minimum atomic E-state index is -0.934. The number of benzene rings is 3. The number of aryl methyl sites for hydroxylation is 1. The van der Waals surface area contributed by atoms with E-state index in [-0.39, 0.29) is 16.8 Å². The van der Waals surface area contributed by atoms with Crippen LogP contribution >= 0.6 is 0 Å². The molecule has 8 nitrogen and oxygen atoms in total. The smallest absolute Gasteiger partial charge is 0.300 e. The van der Waals surface area contributed by atoms with E-state index in [9.17, 15) is 24.8 Å². The van der Waals surface area contributed by atoms with Gasteiger partial charge in [-0.15, -0.1) is 0 Å². The summed E-state index contributed by atoms with van der Waals surface area (Å²) in [5.41, 5.74) is 1.56. The van der Waals surface area contributed by atoms with Crippen LogP contribution in [0.3, 0.4) is 0 Å². The first-order chi connectivity index (χ1) is 15.8. The molecule has 0 aliphatic carbocycles. The fraction of sp³-hybridized carbons (Fsp3) is 0.120. The maximum atomic E-state index is 13.2. The maximum absolute atomic E-state index is 13.2. The van der Waals surface area contributed by atoms with Gasteiger partial charge in [0.05, 0.1) is 23.6 Å². The highest BCUT2D eigenvalue weighted by molar-refractivity contribution is 6.51. The van der Waals surface area contributed by atoms with Gasteiger partial charge in [-0.25, -0.2) is 0 Å². The van der Waals surface area contributed by atoms with Gasteiger partial charge in [0.2, 0.25) is 0 Å². The Morgan fingerprint density at radius 2 is 1.73 bits per heavy atom. The zero-order valence-corrected chi connectivity index (χ0v) is 17.9. The molecule has 33 heavy (non-hydrogen) atoms. The van der Waals surface area contributed by atoms with Crippen LogP contribution in [-0.4, -0.2) is 28.8 Å². The largest absolute Gasteiger partial charge is 0.507 e. The lowest BCUT2D eigenvalue weighted by Crippen LogP contribution is -2.30. The number of nitrogens with zero attached hydrogens (tertiary/aromatic N) is 2. The van der Waals surface area contributed by atoms with Crippen molar-refractivity contribution in [2.24, 2.45) is 0 Å². The van der Waals surface area contributed by atoms with E-state index < -0.39 is 28.4 Å². The number of carbonyl (C=O) groups excluding carboxylic acids is 2. The number of aliphatic hydroxyl groups excluding tert-OH is 1. The SMILES string of the molecule is COc1ccc(C2/C(=C(/O)c3cccc([N+](=O)[O-])c3)C(=O)C(=O)N2c2ccccc2C)cc1. The first kappa shape index (κ1) is 21.8. The number of rotatable bonds is 5. The Labute approximate surface area is 189 Å². The van der Waals surface area contributed by atoms with Crippen molar-refractivity contribution in [3.8, 4) is 5.75 Å². The highest BCUT2D eigenvalue weighted by atomic mass is 16.6. The third-order valence-corrected chi connectivity index (χ3v) is 5.58. The molecule has 1 atom stereocenters. The van der Waals surface area contributed by atoms with Gasteiger partial charge >= 0.3 is 0 Å². The van der Waals surface area contributed by atoms with Crippen molar-refractivity contribution in [2.45, 2.75) is 13.0 Å².